The number of likely N-dealkylation sites (N-methyl/N-ethyl adjacent to an activating group) is 1. The van der Waals surface area contributed by atoms with Gasteiger partial charge in [0.25, 0.3) is 0 Å². The summed E-state index contributed by atoms with van der Waals surface area (Å²) in [7, 11) is 5.00. The standard InChI is InChI=1S/C26H47N3O6S/c1-9-17(4)24(28(6)21(30)13-16(2)3)20(34-7)14-22(31)29-12-10-11-19(29)25(35-8)18(5)26(36)27-15-23(32)33/h16-20,24-25H,9-15H2,1-8H3,(H,27,36)(H,32,33). The molecule has 1 aliphatic heterocycles. The molecule has 208 valence electrons. The molecule has 0 aromatic carbocycles. The lowest BCUT2D eigenvalue weighted by atomic mass is 9.90. The summed E-state index contributed by atoms with van der Waals surface area (Å²) in [4.78, 5) is 41.4. The molecule has 36 heavy (non-hydrogen) atoms. The molecule has 0 saturated carbocycles. The second-order valence-electron chi connectivity index (χ2n) is 10.4. The topological polar surface area (TPSA) is 108 Å². The van der Waals surface area contributed by atoms with Gasteiger partial charge in [-0.3, -0.25) is 14.4 Å². The van der Waals surface area contributed by atoms with Gasteiger partial charge in [0.05, 0.1) is 35.7 Å². The highest BCUT2D eigenvalue weighted by Gasteiger charge is 2.41. The zero-order valence-corrected chi connectivity index (χ0v) is 24.1. The van der Waals surface area contributed by atoms with Crippen LogP contribution in [0.4, 0.5) is 0 Å². The van der Waals surface area contributed by atoms with Gasteiger partial charge in [-0.1, -0.05) is 53.3 Å². The number of hydrogen-bond donors (Lipinski definition) is 2. The molecule has 1 fully saturated rings. The van der Waals surface area contributed by atoms with Crippen LogP contribution in [0.25, 0.3) is 0 Å². The highest BCUT2D eigenvalue weighted by Crippen LogP contribution is 2.29. The third kappa shape index (κ3) is 8.95. The normalized spacial score (nSPS) is 19.9. The summed E-state index contributed by atoms with van der Waals surface area (Å²) in [5.74, 6) is -0.846. The maximum absolute atomic E-state index is 13.6. The Labute approximate surface area is 222 Å². The highest BCUT2D eigenvalue weighted by atomic mass is 32.1. The minimum absolute atomic E-state index is 0.0407. The van der Waals surface area contributed by atoms with E-state index in [1.54, 1.807) is 19.1 Å². The predicted molar refractivity (Wildman–Crippen MR) is 144 cm³/mol. The van der Waals surface area contributed by atoms with E-state index >= 15 is 0 Å². The van der Waals surface area contributed by atoms with Gasteiger partial charge in [0.1, 0.15) is 6.54 Å². The molecule has 1 saturated heterocycles. The Balaban J connectivity index is 3.05. The van der Waals surface area contributed by atoms with Crippen molar-refractivity contribution >= 4 is 35.0 Å². The van der Waals surface area contributed by atoms with Crippen molar-refractivity contribution in [3.63, 3.8) is 0 Å². The summed E-state index contributed by atoms with van der Waals surface area (Å²) >= 11 is 5.41. The molecule has 2 N–H and O–H groups in total. The monoisotopic (exact) mass is 529 g/mol. The molecule has 6 unspecified atom stereocenters. The molecule has 0 aromatic rings. The first-order chi connectivity index (χ1) is 16.9. The molecule has 1 heterocycles. The number of carbonyl (C=O) groups excluding carboxylic acids is 2. The van der Waals surface area contributed by atoms with Crippen LogP contribution < -0.4 is 5.32 Å². The largest absolute Gasteiger partial charge is 0.480 e. The van der Waals surface area contributed by atoms with E-state index < -0.39 is 12.1 Å². The van der Waals surface area contributed by atoms with Crippen molar-refractivity contribution in [3.05, 3.63) is 0 Å². The molecule has 0 radical (unpaired) electrons. The van der Waals surface area contributed by atoms with E-state index in [4.69, 9.17) is 26.8 Å². The summed E-state index contributed by atoms with van der Waals surface area (Å²) in [6, 6.07) is -0.400. The lowest BCUT2D eigenvalue weighted by molar-refractivity contribution is -0.144. The molecule has 0 bridgehead atoms. The van der Waals surface area contributed by atoms with Crippen molar-refractivity contribution in [2.24, 2.45) is 17.8 Å². The molecular formula is C26H47N3O6S. The van der Waals surface area contributed by atoms with E-state index in [9.17, 15) is 14.4 Å². The zero-order chi connectivity index (χ0) is 27.6. The van der Waals surface area contributed by atoms with Crippen molar-refractivity contribution in [1.82, 2.24) is 15.1 Å². The number of nitrogens with zero attached hydrogens (tertiary/aromatic N) is 2. The highest BCUT2D eigenvalue weighted by molar-refractivity contribution is 7.80. The second-order valence-corrected chi connectivity index (χ2v) is 10.8. The van der Waals surface area contributed by atoms with Crippen LogP contribution in [0, 0.1) is 17.8 Å². The van der Waals surface area contributed by atoms with Crippen LogP contribution in [-0.4, -0.2) is 96.3 Å². The van der Waals surface area contributed by atoms with E-state index in [-0.39, 0.29) is 60.7 Å². The van der Waals surface area contributed by atoms with Crippen molar-refractivity contribution in [2.75, 3.05) is 34.4 Å². The maximum Gasteiger partial charge on any atom is 0.322 e. The molecule has 10 heteroatoms. The number of thiocarbonyl (C=S) groups is 1. The molecule has 0 spiro atoms. The van der Waals surface area contributed by atoms with E-state index in [1.807, 2.05) is 32.7 Å². The number of methoxy groups -OCH3 is 2. The van der Waals surface area contributed by atoms with Crippen molar-refractivity contribution < 1.29 is 29.0 Å². The average molecular weight is 530 g/mol. The van der Waals surface area contributed by atoms with Gasteiger partial charge in [-0.15, -0.1) is 0 Å². The molecular weight excluding hydrogens is 482 g/mol. The number of carboxylic acids is 1. The van der Waals surface area contributed by atoms with E-state index in [2.05, 4.69) is 19.2 Å². The predicted octanol–water partition coefficient (Wildman–Crippen LogP) is 2.95. The number of likely N-dealkylation sites (tertiary alicyclic amines) is 1. The molecule has 1 rings (SSSR count). The number of amides is 2. The summed E-state index contributed by atoms with van der Waals surface area (Å²) in [6.07, 6.45) is 2.28. The first-order valence-corrected chi connectivity index (χ1v) is 13.4. The van der Waals surface area contributed by atoms with Crippen molar-refractivity contribution in [2.45, 2.75) is 91.0 Å². The Morgan fingerprint density at radius 1 is 1.14 bits per heavy atom. The Kier molecular flexibility index (Phi) is 13.9. The molecule has 6 atom stereocenters. The molecule has 1 aliphatic rings. The Morgan fingerprint density at radius 3 is 2.28 bits per heavy atom. The maximum atomic E-state index is 13.6. The average Bonchev–Trinajstić information content (AvgIpc) is 3.31. The van der Waals surface area contributed by atoms with Crippen molar-refractivity contribution in [1.29, 1.82) is 0 Å². The Morgan fingerprint density at radius 2 is 1.78 bits per heavy atom. The second kappa shape index (κ2) is 15.5. The van der Waals surface area contributed by atoms with E-state index in [1.165, 1.54) is 0 Å². The minimum Gasteiger partial charge on any atom is -0.480 e. The van der Waals surface area contributed by atoms with Gasteiger partial charge in [-0.2, -0.15) is 0 Å². The minimum atomic E-state index is -0.991. The summed E-state index contributed by atoms with van der Waals surface area (Å²) in [5.41, 5.74) is 0. The van der Waals surface area contributed by atoms with Crippen LogP contribution in [0.15, 0.2) is 0 Å². The summed E-state index contributed by atoms with van der Waals surface area (Å²) < 4.78 is 11.6. The van der Waals surface area contributed by atoms with E-state index in [0.29, 0.717) is 18.0 Å². The fraction of sp³-hybridized carbons (Fsp3) is 0.846. The van der Waals surface area contributed by atoms with Crippen molar-refractivity contribution in [3.8, 4) is 0 Å². The van der Waals surface area contributed by atoms with Crippen LogP contribution >= 0.6 is 12.2 Å². The van der Waals surface area contributed by atoms with Crippen LogP contribution in [0.3, 0.4) is 0 Å². The number of rotatable bonds is 15. The molecule has 0 aliphatic carbocycles. The Bertz CT molecular complexity index is 749. The van der Waals surface area contributed by atoms with Gasteiger partial charge < -0.3 is 29.7 Å². The summed E-state index contributed by atoms with van der Waals surface area (Å²) in [6.45, 7) is 10.4. The number of ether oxygens (including phenoxy) is 2. The fourth-order valence-electron chi connectivity index (χ4n) is 5.14. The first-order valence-electron chi connectivity index (χ1n) is 13.0. The SMILES string of the molecule is CCC(C)C(C(CC(=O)N1CCCC1C(OC)C(C)C(=S)NCC(=O)O)OC)N(C)C(=O)CC(C)C. The number of hydrogen-bond acceptors (Lipinski definition) is 6. The van der Waals surface area contributed by atoms with Gasteiger partial charge in [-0.25, -0.2) is 0 Å². The fourth-order valence-corrected chi connectivity index (χ4v) is 5.35. The zero-order valence-electron chi connectivity index (χ0n) is 23.3. The third-order valence-electron chi connectivity index (χ3n) is 7.30. The Hall–Kier alpha value is -1.78. The first kappa shape index (κ1) is 32.2. The number of nitrogens with one attached hydrogen (secondary N) is 1. The smallest absolute Gasteiger partial charge is 0.322 e. The van der Waals surface area contributed by atoms with Gasteiger partial charge in [-0.05, 0) is 24.7 Å². The molecule has 9 nitrogen and oxygen atoms in total. The van der Waals surface area contributed by atoms with Crippen LogP contribution in [0.2, 0.25) is 0 Å². The van der Waals surface area contributed by atoms with Crippen LogP contribution in [-0.2, 0) is 23.9 Å². The molecule has 0 aromatic heterocycles. The quantitative estimate of drug-likeness (QED) is 0.312. The number of carbonyl (C=O) groups is 3. The summed E-state index contributed by atoms with van der Waals surface area (Å²) in [5, 5.41) is 11.7. The lowest BCUT2D eigenvalue weighted by Gasteiger charge is -2.39. The van der Waals surface area contributed by atoms with Crippen LogP contribution in [0.5, 0.6) is 0 Å². The lowest BCUT2D eigenvalue weighted by Crippen LogP contribution is -2.53. The van der Waals surface area contributed by atoms with Gasteiger partial charge in [0, 0.05) is 40.2 Å². The number of aliphatic carboxylic acids is 1. The number of carboxylic acid groups (broad SMARTS) is 1. The third-order valence-corrected chi connectivity index (χ3v) is 7.82. The van der Waals surface area contributed by atoms with Crippen LogP contribution in [0.1, 0.15) is 66.7 Å². The van der Waals surface area contributed by atoms with Gasteiger partial charge in [0.2, 0.25) is 11.8 Å². The van der Waals surface area contributed by atoms with E-state index in [0.717, 1.165) is 19.3 Å². The van der Waals surface area contributed by atoms with Gasteiger partial charge in [0.15, 0.2) is 0 Å². The molecule has 2 amide bonds. The van der Waals surface area contributed by atoms with Gasteiger partial charge >= 0.3 is 5.97 Å².